The van der Waals surface area contributed by atoms with E-state index in [-0.39, 0.29) is 23.5 Å². The molecule has 0 radical (unpaired) electrons. The van der Waals surface area contributed by atoms with Gasteiger partial charge in [-0.05, 0) is 67.6 Å². The molecule has 2 amide bonds. The first-order valence-electron chi connectivity index (χ1n) is 10.0. The van der Waals surface area contributed by atoms with Gasteiger partial charge < -0.3 is 15.0 Å². The Hall–Kier alpha value is -2.89. The van der Waals surface area contributed by atoms with Crippen LogP contribution in [0.1, 0.15) is 35.2 Å². The molecule has 1 heterocycles. The zero-order valence-electron chi connectivity index (χ0n) is 16.7. The van der Waals surface area contributed by atoms with Gasteiger partial charge in [-0.1, -0.05) is 12.1 Å². The summed E-state index contributed by atoms with van der Waals surface area (Å²) in [5, 5.41) is 3.00. The van der Waals surface area contributed by atoms with Crippen LogP contribution in [0.4, 0.5) is 4.39 Å². The predicted molar refractivity (Wildman–Crippen MR) is 109 cm³/mol. The van der Waals surface area contributed by atoms with E-state index in [0.717, 1.165) is 31.4 Å². The molecule has 2 aromatic rings. The van der Waals surface area contributed by atoms with E-state index in [2.05, 4.69) is 5.32 Å². The van der Waals surface area contributed by atoms with Crippen molar-refractivity contribution in [3.8, 4) is 5.75 Å². The van der Waals surface area contributed by atoms with Gasteiger partial charge in [-0.2, -0.15) is 0 Å². The second-order valence-corrected chi connectivity index (χ2v) is 7.34. The predicted octanol–water partition coefficient (Wildman–Crippen LogP) is 3.44. The standard InChI is InChI=1S/C23H27FN2O3/c1-29-21-12-6-17(7-13-21)4-2-14-25-22(27)19-5-3-15-26(16-19)23(28)18-8-10-20(24)11-9-18/h6-13,19H,2-5,14-16H2,1H3,(H,25,27). The summed E-state index contributed by atoms with van der Waals surface area (Å²) in [6.45, 7) is 1.63. The van der Waals surface area contributed by atoms with Gasteiger partial charge in [0.2, 0.25) is 5.91 Å². The van der Waals surface area contributed by atoms with Crippen LogP contribution >= 0.6 is 0 Å². The normalized spacial score (nSPS) is 16.3. The SMILES string of the molecule is COc1ccc(CCCNC(=O)C2CCCN(C(=O)c3ccc(F)cc3)C2)cc1. The molecule has 3 rings (SSSR count). The van der Waals surface area contributed by atoms with E-state index in [9.17, 15) is 14.0 Å². The number of amides is 2. The highest BCUT2D eigenvalue weighted by Crippen LogP contribution is 2.19. The smallest absolute Gasteiger partial charge is 0.253 e. The van der Waals surface area contributed by atoms with E-state index in [1.165, 1.54) is 29.8 Å². The molecule has 154 valence electrons. The maximum atomic E-state index is 13.1. The molecule has 1 aliphatic heterocycles. The number of hydrogen-bond donors (Lipinski definition) is 1. The van der Waals surface area contributed by atoms with Gasteiger partial charge in [0.05, 0.1) is 13.0 Å². The van der Waals surface area contributed by atoms with Crippen LogP contribution in [-0.4, -0.2) is 43.5 Å². The molecule has 0 spiro atoms. The molecular formula is C23H27FN2O3. The number of ether oxygens (including phenoxy) is 1. The number of carbonyl (C=O) groups excluding carboxylic acids is 2. The van der Waals surface area contributed by atoms with Crippen molar-refractivity contribution < 1.29 is 18.7 Å². The first kappa shape index (κ1) is 20.8. The zero-order valence-corrected chi connectivity index (χ0v) is 16.7. The molecule has 0 aliphatic carbocycles. The largest absolute Gasteiger partial charge is 0.497 e. The summed E-state index contributed by atoms with van der Waals surface area (Å²) >= 11 is 0. The van der Waals surface area contributed by atoms with Crippen molar-refractivity contribution in [1.82, 2.24) is 10.2 Å². The highest BCUT2D eigenvalue weighted by Gasteiger charge is 2.28. The fourth-order valence-electron chi connectivity index (χ4n) is 3.59. The zero-order chi connectivity index (χ0) is 20.6. The molecule has 29 heavy (non-hydrogen) atoms. The Morgan fingerprint density at radius 1 is 1.14 bits per heavy atom. The van der Waals surface area contributed by atoms with Crippen LogP contribution in [0.5, 0.6) is 5.75 Å². The van der Waals surface area contributed by atoms with Gasteiger partial charge in [0, 0.05) is 25.2 Å². The molecule has 1 N–H and O–H groups in total. The molecular weight excluding hydrogens is 371 g/mol. The Balaban J connectivity index is 1.44. The number of nitrogens with one attached hydrogen (secondary N) is 1. The third kappa shape index (κ3) is 5.79. The van der Waals surface area contributed by atoms with Crippen LogP contribution in [0.25, 0.3) is 0 Å². The second kappa shape index (κ2) is 10.0. The van der Waals surface area contributed by atoms with Gasteiger partial charge in [0.25, 0.3) is 5.91 Å². The number of hydrogen-bond acceptors (Lipinski definition) is 3. The minimum absolute atomic E-state index is 0.00339. The number of nitrogens with zero attached hydrogens (tertiary/aromatic N) is 1. The van der Waals surface area contributed by atoms with Gasteiger partial charge in [-0.25, -0.2) is 4.39 Å². The van der Waals surface area contributed by atoms with Crippen LogP contribution < -0.4 is 10.1 Å². The average molecular weight is 398 g/mol. The molecule has 2 aromatic carbocycles. The van der Waals surface area contributed by atoms with E-state index < -0.39 is 0 Å². The number of rotatable bonds is 7. The lowest BCUT2D eigenvalue weighted by atomic mass is 9.96. The topological polar surface area (TPSA) is 58.6 Å². The Morgan fingerprint density at radius 2 is 1.86 bits per heavy atom. The average Bonchev–Trinajstić information content (AvgIpc) is 2.77. The lowest BCUT2D eigenvalue weighted by Gasteiger charge is -2.32. The number of halogens is 1. The van der Waals surface area contributed by atoms with Crippen molar-refractivity contribution in [1.29, 1.82) is 0 Å². The summed E-state index contributed by atoms with van der Waals surface area (Å²) < 4.78 is 18.2. The maximum Gasteiger partial charge on any atom is 0.253 e. The summed E-state index contributed by atoms with van der Waals surface area (Å²) in [4.78, 5) is 26.8. The quantitative estimate of drug-likeness (QED) is 0.727. The number of aryl methyl sites for hydroxylation is 1. The number of methoxy groups -OCH3 is 1. The molecule has 1 atom stereocenters. The Bertz CT molecular complexity index is 821. The van der Waals surface area contributed by atoms with Gasteiger partial charge in [-0.15, -0.1) is 0 Å². The molecule has 1 fully saturated rings. The van der Waals surface area contributed by atoms with E-state index in [1.807, 2.05) is 24.3 Å². The Labute approximate surface area is 170 Å². The summed E-state index contributed by atoms with van der Waals surface area (Å²) in [7, 11) is 1.64. The van der Waals surface area contributed by atoms with Crippen LogP contribution in [0.15, 0.2) is 48.5 Å². The second-order valence-electron chi connectivity index (χ2n) is 7.34. The van der Waals surface area contributed by atoms with Crippen molar-refractivity contribution in [2.75, 3.05) is 26.7 Å². The van der Waals surface area contributed by atoms with Gasteiger partial charge in [0.15, 0.2) is 0 Å². The first-order valence-corrected chi connectivity index (χ1v) is 10.0. The summed E-state index contributed by atoms with van der Waals surface area (Å²) in [5.41, 5.74) is 1.65. The van der Waals surface area contributed by atoms with E-state index in [0.29, 0.717) is 25.2 Å². The molecule has 0 saturated carbocycles. The fourth-order valence-corrected chi connectivity index (χ4v) is 3.59. The highest BCUT2D eigenvalue weighted by molar-refractivity contribution is 5.94. The molecule has 0 aromatic heterocycles. The van der Waals surface area contributed by atoms with Crippen LogP contribution in [0, 0.1) is 11.7 Å². The summed E-state index contributed by atoms with van der Waals surface area (Å²) in [6.07, 6.45) is 3.29. The van der Waals surface area contributed by atoms with Gasteiger partial charge in [-0.3, -0.25) is 9.59 Å². The van der Waals surface area contributed by atoms with Crippen molar-refractivity contribution in [2.45, 2.75) is 25.7 Å². The first-order chi connectivity index (χ1) is 14.1. The molecule has 0 bridgehead atoms. The lowest BCUT2D eigenvalue weighted by molar-refractivity contribution is -0.126. The molecule has 1 unspecified atom stereocenters. The Morgan fingerprint density at radius 3 is 2.55 bits per heavy atom. The molecule has 6 heteroatoms. The lowest BCUT2D eigenvalue weighted by Crippen LogP contribution is -2.45. The summed E-state index contributed by atoms with van der Waals surface area (Å²) in [6, 6.07) is 13.5. The third-order valence-electron chi connectivity index (χ3n) is 5.27. The monoisotopic (exact) mass is 398 g/mol. The number of likely N-dealkylation sites (tertiary alicyclic amines) is 1. The van der Waals surface area contributed by atoms with E-state index >= 15 is 0 Å². The molecule has 1 saturated heterocycles. The molecule has 1 aliphatic rings. The van der Waals surface area contributed by atoms with Crippen molar-refractivity contribution >= 4 is 11.8 Å². The Kier molecular flexibility index (Phi) is 7.22. The third-order valence-corrected chi connectivity index (χ3v) is 5.27. The molecule has 5 nitrogen and oxygen atoms in total. The van der Waals surface area contributed by atoms with Crippen LogP contribution in [0.2, 0.25) is 0 Å². The van der Waals surface area contributed by atoms with E-state index in [1.54, 1.807) is 12.0 Å². The number of carbonyl (C=O) groups is 2. The van der Waals surface area contributed by atoms with E-state index in [4.69, 9.17) is 4.74 Å². The van der Waals surface area contributed by atoms with Crippen molar-refractivity contribution in [2.24, 2.45) is 5.92 Å². The van der Waals surface area contributed by atoms with Crippen LogP contribution in [0.3, 0.4) is 0 Å². The van der Waals surface area contributed by atoms with Crippen molar-refractivity contribution in [3.05, 3.63) is 65.5 Å². The van der Waals surface area contributed by atoms with Crippen LogP contribution in [-0.2, 0) is 11.2 Å². The maximum absolute atomic E-state index is 13.1. The fraction of sp³-hybridized carbons (Fsp3) is 0.391. The van der Waals surface area contributed by atoms with Gasteiger partial charge >= 0.3 is 0 Å². The number of piperidine rings is 1. The number of benzene rings is 2. The van der Waals surface area contributed by atoms with Gasteiger partial charge in [0.1, 0.15) is 11.6 Å². The summed E-state index contributed by atoms with van der Waals surface area (Å²) in [5.74, 6) is 0.110. The van der Waals surface area contributed by atoms with Crippen molar-refractivity contribution in [3.63, 3.8) is 0 Å². The minimum atomic E-state index is -0.368. The minimum Gasteiger partial charge on any atom is -0.497 e. The highest BCUT2D eigenvalue weighted by atomic mass is 19.1.